The third-order valence-electron chi connectivity index (χ3n) is 2.97. The minimum absolute atomic E-state index is 0.111. The number of hydrogen-bond acceptors (Lipinski definition) is 2. The summed E-state index contributed by atoms with van der Waals surface area (Å²) >= 11 is 0. The van der Waals surface area contributed by atoms with Gasteiger partial charge in [-0.2, -0.15) is 13.2 Å². The molecule has 1 amide bonds. The van der Waals surface area contributed by atoms with Crippen molar-refractivity contribution < 1.29 is 18.0 Å². The lowest BCUT2D eigenvalue weighted by Gasteiger charge is -2.21. The Hall–Kier alpha value is -1.56. The van der Waals surface area contributed by atoms with Crippen LogP contribution in [0.25, 0.3) is 0 Å². The first-order valence-electron chi connectivity index (χ1n) is 6.42. The van der Waals surface area contributed by atoms with Gasteiger partial charge in [-0.1, -0.05) is 25.5 Å². The molecule has 0 saturated carbocycles. The zero-order valence-corrected chi connectivity index (χ0v) is 11.6. The highest BCUT2D eigenvalue weighted by atomic mass is 19.4. The summed E-state index contributed by atoms with van der Waals surface area (Å²) in [6, 6.07) is 4.35. The van der Waals surface area contributed by atoms with E-state index in [0.717, 1.165) is 18.6 Å². The lowest BCUT2D eigenvalue weighted by molar-refractivity contribution is -0.137. The van der Waals surface area contributed by atoms with E-state index in [9.17, 15) is 18.0 Å². The highest BCUT2D eigenvalue weighted by Gasteiger charge is 2.30. The number of nitrogens with zero attached hydrogens (tertiary/aromatic N) is 1. The minimum atomic E-state index is -4.38. The molecule has 0 saturated heterocycles. The number of carbonyl (C=O) groups is 1. The van der Waals surface area contributed by atoms with E-state index in [2.05, 4.69) is 0 Å². The number of hydrogen-bond donors (Lipinski definition) is 1. The fourth-order valence-corrected chi connectivity index (χ4v) is 1.92. The molecule has 6 heteroatoms. The summed E-state index contributed by atoms with van der Waals surface area (Å²) in [6.45, 7) is 2.03. The summed E-state index contributed by atoms with van der Waals surface area (Å²) < 4.78 is 37.8. The van der Waals surface area contributed by atoms with Crippen molar-refractivity contribution in [1.29, 1.82) is 0 Å². The normalized spacial score (nSPS) is 13.1. The molecule has 0 aliphatic carbocycles. The van der Waals surface area contributed by atoms with Crippen LogP contribution in [-0.2, 0) is 17.5 Å². The lowest BCUT2D eigenvalue weighted by atomic mass is 10.1. The monoisotopic (exact) mass is 288 g/mol. The molecule has 0 heterocycles. The van der Waals surface area contributed by atoms with Gasteiger partial charge in [0.15, 0.2) is 0 Å². The van der Waals surface area contributed by atoms with Crippen LogP contribution in [0.4, 0.5) is 13.2 Å². The Morgan fingerprint density at radius 3 is 2.60 bits per heavy atom. The first-order chi connectivity index (χ1) is 9.25. The Balaban J connectivity index is 2.76. The molecule has 1 rings (SSSR count). The molecule has 1 aromatic rings. The first-order valence-corrected chi connectivity index (χ1v) is 6.42. The highest BCUT2D eigenvalue weighted by Crippen LogP contribution is 2.29. The number of alkyl halides is 3. The van der Waals surface area contributed by atoms with E-state index in [-0.39, 0.29) is 12.5 Å². The highest BCUT2D eigenvalue weighted by molar-refractivity contribution is 5.81. The third-order valence-corrected chi connectivity index (χ3v) is 2.97. The Morgan fingerprint density at radius 1 is 1.40 bits per heavy atom. The lowest BCUT2D eigenvalue weighted by Crippen LogP contribution is -2.41. The average molecular weight is 288 g/mol. The summed E-state index contributed by atoms with van der Waals surface area (Å²) in [5.41, 5.74) is 5.43. The van der Waals surface area contributed by atoms with Crippen LogP contribution in [0.1, 0.15) is 30.9 Å². The number of likely N-dealkylation sites (N-methyl/N-ethyl adjacent to an activating group) is 1. The van der Waals surface area contributed by atoms with Gasteiger partial charge in [0.2, 0.25) is 5.91 Å². The van der Waals surface area contributed by atoms with Crippen molar-refractivity contribution in [3.8, 4) is 0 Å². The zero-order chi connectivity index (χ0) is 15.3. The van der Waals surface area contributed by atoms with Crippen LogP contribution in [0.5, 0.6) is 0 Å². The number of rotatable bonds is 5. The second-order valence-electron chi connectivity index (χ2n) is 4.79. The van der Waals surface area contributed by atoms with Crippen molar-refractivity contribution in [2.24, 2.45) is 5.73 Å². The quantitative estimate of drug-likeness (QED) is 0.905. The Labute approximate surface area is 116 Å². The molecule has 1 unspecified atom stereocenters. The summed E-state index contributed by atoms with van der Waals surface area (Å²) in [5.74, 6) is -0.260. The van der Waals surface area contributed by atoms with Gasteiger partial charge in [0, 0.05) is 13.6 Å². The van der Waals surface area contributed by atoms with E-state index in [0.29, 0.717) is 12.0 Å². The number of amides is 1. The van der Waals surface area contributed by atoms with E-state index in [1.165, 1.54) is 18.0 Å². The number of benzene rings is 1. The SMILES string of the molecule is CCCC(N)C(=O)N(C)Cc1cccc(C(F)(F)F)c1. The molecule has 0 radical (unpaired) electrons. The Bertz CT molecular complexity index is 460. The molecule has 0 aliphatic heterocycles. The van der Waals surface area contributed by atoms with E-state index in [1.54, 1.807) is 6.07 Å². The molecule has 1 atom stereocenters. The third kappa shape index (κ3) is 4.52. The van der Waals surface area contributed by atoms with Crippen LogP contribution in [0.2, 0.25) is 0 Å². The van der Waals surface area contributed by atoms with Gasteiger partial charge in [-0.25, -0.2) is 0 Å². The van der Waals surface area contributed by atoms with Crippen molar-refractivity contribution in [2.75, 3.05) is 7.05 Å². The van der Waals surface area contributed by atoms with Crippen LogP contribution in [0.15, 0.2) is 24.3 Å². The standard InChI is InChI=1S/C14H19F3N2O/c1-3-5-12(18)13(20)19(2)9-10-6-4-7-11(8-10)14(15,16)17/h4,6-8,12H,3,5,9,18H2,1-2H3. The van der Waals surface area contributed by atoms with E-state index < -0.39 is 17.8 Å². The van der Waals surface area contributed by atoms with Gasteiger partial charge in [-0.05, 0) is 24.1 Å². The second kappa shape index (κ2) is 6.74. The maximum absolute atomic E-state index is 12.6. The van der Waals surface area contributed by atoms with Crippen molar-refractivity contribution in [3.05, 3.63) is 35.4 Å². The maximum Gasteiger partial charge on any atom is 0.416 e. The zero-order valence-electron chi connectivity index (χ0n) is 11.6. The van der Waals surface area contributed by atoms with Gasteiger partial charge in [0.05, 0.1) is 11.6 Å². The smallest absolute Gasteiger partial charge is 0.340 e. The predicted molar refractivity (Wildman–Crippen MR) is 70.8 cm³/mol. The average Bonchev–Trinajstić information content (AvgIpc) is 2.37. The number of carbonyl (C=O) groups excluding carboxylic acids is 1. The van der Waals surface area contributed by atoms with Crippen molar-refractivity contribution >= 4 is 5.91 Å². The van der Waals surface area contributed by atoms with E-state index >= 15 is 0 Å². The molecule has 2 N–H and O–H groups in total. The van der Waals surface area contributed by atoms with Gasteiger partial charge in [0.25, 0.3) is 0 Å². The van der Waals surface area contributed by atoms with Crippen molar-refractivity contribution in [1.82, 2.24) is 4.90 Å². The summed E-state index contributed by atoms with van der Waals surface area (Å²) in [7, 11) is 1.54. The molecule has 0 fully saturated rings. The topological polar surface area (TPSA) is 46.3 Å². The summed E-state index contributed by atoms with van der Waals surface area (Å²) in [6.07, 6.45) is -3.03. The largest absolute Gasteiger partial charge is 0.416 e. The molecule has 112 valence electrons. The Morgan fingerprint density at radius 2 is 2.05 bits per heavy atom. The minimum Gasteiger partial charge on any atom is -0.340 e. The van der Waals surface area contributed by atoms with Gasteiger partial charge in [-0.15, -0.1) is 0 Å². The maximum atomic E-state index is 12.6. The van der Waals surface area contributed by atoms with Crippen LogP contribution < -0.4 is 5.73 Å². The van der Waals surface area contributed by atoms with Gasteiger partial charge in [0.1, 0.15) is 0 Å². The van der Waals surface area contributed by atoms with Gasteiger partial charge in [-0.3, -0.25) is 4.79 Å². The number of halogens is 3. The van der Waals surface area contributed by atoms with Gasteiger partial charge >= 0.3 is 6.18 Å². The molecule has 3 nitrogen and oxygen atoms in total. The molecular formula is C14H19F3N2O. The molecule has 0 aromatic heterocycles. The summed E-state index contributed by atoms with van der Waals surface area (Å²) in [5, 5.41) is 0. The van der Waals surface area contributed by atoms with Crippen LogP contribution in [-0.4, -0.2) is 23.9 Å². The van der Waals surface area contributed by atoms with Crippen molar-refractivity contribution in [2.45, 2.75) is 38.5 Å². The summed E-state index contributed by atoms with van der Waals surface area (Å²) in [4.78, 5) is 13.3. The Kier molecular flexibility index (Phi) is 5.56. The van der Waals surface area contributed by atoms with E-state index in [4.69, 9.17) is 5.73 Å². The molecule has 20 heavy (non-hydrogen) atoms. The first kappa shape index (κ1) is 16.5. The second-order valence-corrected chi connectivity index (χ2v) is 4.79. The van der Waals surface area contributed by atoms with E-state index in [1.807, 2.05) is 6.92 Å². The number of nitrogens with two attached hydrogens (primary N) is 1. The predicted octanol–water partition coefficient (Wildman–Crippen LogP) is 2.79. The van der Waals surface area contributed by atoms with Crippen LogP contribution in [0, 0.1) is 0 Å². The molecule has 0 bridgehead atoms. The van der Waals surface area contributed by atoms with Crippen LogP contribution >= 0.6 is 0 Å². The molecule has 1 aromatic carbocycles. The molecular weight excluding hydrogens is 269 g/mol. The van der Waals surface area contributed by atoms with Gasteiger partial charge < -0.3 is 10.6 Å². The fourth-order valence-electron chi connectivity index (χ4n) is 1.92. The van der Waals surface area contributed by atoms with Crippen LogP contribution in [0.3, 0.4) is 0 Å². The van der Waals surface area contributed by atoms with Crippen molar-refractivity contribution in [3.63, 3.8) is 0 Å². The molecule has 0 spiro atoms. The fraction of sp³-hybridized carbons (Fsp3) is 0.500. The molecule has 0 aliphatic rings.